The van der Waals surface area contributed by atoms with Crippen molar-refractivity contribution < 1.29 is 13.9 Å². The van der Waals surface area contributed by atoms with E-state index < -0.39 is 0 Å². The van der Waals surface area contributed by atoms with Crippen molar-refractivity contribution in [3.63, 3.8) is 0 Å². The quantitative estimate of drug-likeness (QED) is 0.440. The van der Waals surface area contributed by atoms with Crippen LogP contribution in [0.5, 0.6) is 5.75 Å². The number of ether oxygens (including phenoxy) is 2. The molecule has 1 fully saturated rings. The third-order valence-electron chi connectivity index (χ3n) is 4.91. The lowest BCUT2D eigenvalue weighted by molar-refractivity contribution is 0.146. The summed E-state index contributed by atoms with van der Waals surface area (Å²) in [5.41, 5.74) is 1.82. The van der Waals surface area contributed by atoms with E-state index in [4.69, 9.17) is 9.47 Å². The summed E-state index contributed by atoms with van der Waals surface area (Å²) in [6.07, 6.45) is 0. The summed E-state index contributed by atoms with van der Waals surface area (Å²) in [6.45, 7) is 4.90. The third-order valence-corrected chi connectivity index (χ3v) is 4.91. The van der Waals surface area contributed by atoms with E-state index >= 15 is 0 Å². The molecular formula is C22H29FN4O2. The summed E-state index contributed by atoms with van der Waals surface area (Å²) >= 11 is 0. The van der Waals surface area contributed by atoms with Gasteiger partial charge in [0, 0.05) is 46.9 Å². The van der Waals surface area contributed by atoms with Gasteiger partial charge in [0.15, 0.2) is 5.96 Å². The molecular weight excluding hydrogens is 371 g/mol. The Morgan fingerprint density at radius 2 is 1.76 bits per heavy atom. The van der Waals surface area contributed by atoms with Gasteiger partial charge in [-0.2, -0.15) is 0 Å². The molecule has 2 aromatic carbocycles. The summed E-state index contributed by atoms with van der Waals surface area (Å²) in [7, 11) is 3.45. The maximum atomic E-state index is 14.0. The molecule has 29 heavy (non-hydrogen) atoms. The zero-order chi connectivity index (χ0) is 20.5. The minimum atomic E-state index is -0.168. The van der Waals surface area contributed by atoms with Crippen LogP contribution in [-0.4, -0.2) is 64.4 Å². The first-order valence-corrected chi connectivity index (χ1v) is 9.87. The maximum absolute atomic E-state index is 14.0. The summed E-state index contributed by atoms with van der Waals surface area (Å²) in [4.78, 5) is 8.70. The molecule has 7 heteroatoms. The molecule has 0 radical (unpaired) electrons. The zero-order valence-corrected chi connectivity index (χ0v) is 17.1. The SMILES string of the molecule is CN=C(NCc1ccc(OCCOC)cc1)N1CCN(c2ccccc2F)CC1. The third kappa shape index (κ3) is 5.84. The number of benzene rings is 2. The van der Waals surface area contributed by atoms with Gasteiger partial charge in [0.1, 0.15) is 18.2 Å². The van der Waals surface area contributed by atoms with E-state index in [-0.39, 0.29) is 5.82 Å². The first-order valence-electron chi connectivity index (χ1n) is 9.87. The Kier molecular flexibility index (Phi) is 7.69. The van der Waals surface area contributed by atoms with Crippen molar-refractivity contribution in [1.82, 2.24) is 10.2 Å². The molecule has 6 nitrogen and oxygen atoms in total. The molecule has 1 saturated heterocycles. The number of nitrogens with one attached hydrogen (secondary N) is 1. The van der Waals surface area contributed by atoms with Gasteiger partial charge < -0.3 is 24.6 Å². The largest absolute Gasteiger partial charge is 0.491 e. The molecule has 0 spiro atoms. The van der Waals surface area contributed by atoms with E-state index in [0.29, 0.717) is 25.4 Å². The Balaban J connectivity index is 1.48. The minimum absolute atomic E-state index is 0.168. The minimum Gasteiger partial charge on any atom is -0.491 e. The summed E-state index contributed by atoms with van der Waals surface area (Å²) in [5, 5.41) is 3.42. The highest BCUT2D eigenvalue weighted by Gasteiger charge is 2.21. The second-order valence-electron chi connectivity index (χ2n) is 6.81. The molecule has 0 amide bonds. The van der Waals surface area contributed by atoms with Crippen LogP contribution in [0.15, 0.2) is 53.5 Å². The van der Waals surface area contributed by atoms with Crippen LogP contribution < -0.4 is 15.0 Å². The Morgan fingerprint density at radius 1 is 1.03 bits per heavy atom. The lowest BCUT2D eigenvalue weighted by Crippen LogP contribution is -2.52. The number of para-hydroxylation sites is 1. The predicted octanol–water partition coefficient (Wildman–Crippen LogP) is 2.75. The molecule has 0 aromatic heterocycles. The topological polar surface area (TPSA) is 49.3 Å². The van der Waals surface area contributed by atoms with Gasteiger partial charge in [-0.1, -0.05) is 24.3 Å². The van der Waals surface area contributed by atoms with Crippen LogP contribution >= 0.6 is 0 Å². The molecule has 1 heterocycles. The number of rotatable bonds is 7. The number of hydrogen-bond donors (Lipinski definition) is 1. The van der Waals surface area contributed by atoms with E-state index in [2.05, 4.69) is 20.1 Å². The molecule has 1 N–H and O–H groups in total. The molecule has 0 saturated carbocycles. The molecule has 0 bridgehead atoms. The van der Waals surface area contributed by atoms with Crippen LogP contribution in [0.3, 0.4) is 0 Å². The normalized spacial score (nSPS) is 14.8. The molecule has 0 unspecified atom stereocenters. The number of nitrogens with zero attached hydrogens (tertiary/aromatic N) is 3. The number of anilines is 1. The molecule has 0 aliphatic carbocycles. The van der Waals surface area contributed by atoms with Crippen molar-refractivity contribution >= 4 is 11.6 Å². The van der Waals surface area contributed by atoms with Gasteiger partial charge in [-0.05, 0) is 29.8 Å². The van der Waals surface area contributed by atoms with Crippen molar-refractivity contribution in [3.05, 3.63) is 59.9 Å². The monoisotopic (exact) mass is 400 g/mol. The van der Waals surface area contributed by atoms with E-state index in [1.54, 1.807) is 20.2 Å². The van der Waals surface area contributed by atoms with E-state index in [1.807, 2.05) is 36.4 Å². The Bertz CT molecular complexity index is 790. The standard InChI is InChI=1S/C22H29FN4O2/c1-24-22(25-17-18-7-9-19(10-8-18)29-16-15-28-2)27-13-11-26(12-14-27)21-6-4-3-5-20(21)23/h3-10H,11-17H2,1-2H3,(H,24,25). The molecule has 2 aromatic rings. The lowest BCUT2D eigenvalue weighted by atomic mass is 10.2. The molecule has 156 valence electrons. The Labute approximate surface area is 171 Å². The summed E-state index contributed by atoms with van der Waals surface area (Å²) in [6, 6.07) is 14.9. The number of piperazine rings is 1. The number of aliphatic imine (C=N–C) groups is 1. The van der Waals surface area contributed by atoms with Crippen LogP contribution in [0, 0.1) is 5.82 Å². The summed E-state index contributed by atoms with van der Waals surface area (Å²) < 4.78 is 24.6. The summed E-state index contributed by atoms with van der Waals surface area (Å²) in [5.74, 6) is 1.52. The average molecular weight is 400 g/mol. The first-order chi connectivity index (χ1) is 14.2. The van der Waals surface area contributed by atoms with E-state index in [1.165, 1.54) is 6.07 Å². The number of halogens is 1. The van der Waals surface area contributed by atoms with Crippen molar-refractivity contribution in [2.75, 3.05) is 58.5 Å². The van der Waals surface area contributed by atoms with Crippen molar-refractivity contribution in [3.8, 4) is 5.75 Å². The average Bonchev–Trinajstić information content (AvgIpc) is 2.76. The first kappa shape index (κ1) is 20.9. The van der Waals surface area contributed by atoms with Crippen LogP contribution in [0.4, 0.5) is 10.1 Å². The predicted molar refractivity (Wildman–Crippen MR) is 114 cm³/mol. The molecule has 1 aliphatic rings. The van der Waals surface area contributed by atoms with Crippen molar-refractivity contribution in [2.24, 2.45) is 4.99 Å². The van der Waals surface area contributed by atoms with Gasteiger partial charge in [-0.15, -0.1) is 0 Å². The van der Waals surface area contributed by atoms with Gasteiger partial charge in [0.05, 0.1) is 12.3 Å². The number of guanidine groups is 1. The fourth-order valence-corrected chi connectivity index (χ4v) is 3.33. The molecule has 0 atom stereocenters. The van der Waals surface area contributed by atoms with Crippen molar-refractivity contribution in [1.29, 1.82) is 0 Å². The smallest absolute Gasteiger partial charge is 0.194 e. The van der Waals surface area contributed by atoms with Crippen LogP contribution in [0.25, 0.3) is 0 Å². The highest BCUT2D eigenvalue weighted by molar-refractivity contribution is 5.80. The van der Waals surface area contributed by atoms with Gasteiger partial charge >= 0.3 is 0 Å². The van der Waals surface area contributed by atoms with Gasteiger partial charge in [-0.3, -0.25) is 4.99 Å². The maximum Gasteiger partial charge on any atom is 0.194 e. The lowest BCUT2D eigenvalue weighted by Gasteiger charge is -2.37. The van der Waals surface area contributed by atoms with Crippen LogP contribution in [0.1, 0.15) is 5.56 Å². The highest BCUT2D eigenvalue weighted by Crippen LogP contribution is 2.20. The second kappa shape index (κ2) is 10.7. The molecule has 3 rings (SSSR count). The van der Waals surface area contributed by atoms with Gasteiger partial charge in [-0.25, -0.2) is 4.39 Å². The fourth-order valence-electron chi connectivity index (χ4n) is 3.33. The Morgan fingerprint density at radius 3 is 2.41 bits per heavy atom. The zero-order valence-electron chi connectivity index (χ0n) is 17.1. The van der Waals surface area contributed by atoms with Crippen molar-refractivity contribution in [2.45, 2.75) is 6.54 Å². The fraction of sp³-hybridized carbons (Fsp3) is 0.409. The van der Waals surface area contributed by atoms with E-state index in [0.717, 1.165) is 43.5 Å². The van der Waals surface area contributed by atoms with Crippen LogP contribution in [0.2, 0.25) is 0 Å². The second-order valence-corrected chi connectivity index (χ2v) is 6.81. The molecule has 1 aliphatic heterocycles. The highest BCUT2D eigenvalue weighted by atomic mass is 19.1. The number of hydrogen-bond acceptors (Lipinski definition) is 4. The van der Waals surface area contributed by atoms with E-state index in [9.17, 15) is 4.39 Å². The van der Waals surface area contributed by atoms with Gasteiger partial charge in [0.2, 0.25) is 0 Å². The van der Waals surface area contributed by atoms with Crippen LogP contribution in [-0.2, 0) is 11.3 Å². The van der Waals surface area contributed by atoms with Gasteiger partial charge in [0.25, 0.3) is 0 Å². The number of methoxy groups -OCH3 is 1. The Hall–Kier alpha value is -2.80.